The lowest BCUT2D eigenvalue weighted by atomic mass is 10.1. The molecule has 0 aromatic heterocycles. The Bertz CT molecular complexity index is 692. The number of likely N-dealkylation sites (tertiary alicyclic amines) is 1. The second-order valence-electron chi connectivity index (χ2n) is 8.17. The molecule has 2 aliphatic rings. The van der Waals surface area contributed by atoms with Crippen LogP contribution in [-0.4, -0.2) is 49.6 Å². The smallest absolute Gasteiger partial charge is 0.225 e. The van der Waals surface area contributed by atoms with Crippen molar-refractivity contribution in [1.82, 2.24) is 15.5 Å². The van der Waals surface area contributed by atoms with Gasteiger partial charge in [0.25, 0.3) is 0 Å². The van der Waals surface area contributed by atoms with Gasteiger partial charge >= 0.3 is 0 Å². The van der Waals surface area contributed by atoms with Crippen LogP contribution < -0.4 is 15.4 Å². The monoisotopic (exact) mass is 528 g/mol. The summed E-state index contributed by atoms with van der Waals surface area (Å²) in [6, 6.07) is 8.45. The van der Waals surface area contributed by atoms with Gasteiger partial charge in [-0.3, -0.25) is 9.79 Å². The van der Waals surface area contributed by atoms with Gasteiger partial charge in [0.15, 0.2) is 5.96 Å². The topological polar surface area (TPSA) is 66.0 Å². The molecule has 1 aliphatic carbocycles. The number of amides is 1. The van der Waals surface area contributed by atoms with Crippen LogP contribution in [0.1, 0.15) is 57.4 Å². The molecular formula is C23H37IN4O2. The van der Waals surface area contributed by atoms with Crippen LogP contribution in [0.25, 0.3) is 0 Å². The van der Waals surface area contributed by atoms with Crippen LogP contribution in [0.5, 0.6) is 5.75 Å². The van der Waals surface area contributed by atoms with E-state index in [-0.39, 0.29) is 35.9 Å². The second kappa shape index (κ2) is 13.0. The standard InChI is InChI=1S/C23H36N4O2.HI/c1-3-4-14-29-21-11-7-8-18(15-21)16-25-23(24-2)26-20-12-13-27(17-20)22(28)19-9-5-6-10-19;/h7-8,11,15,19-20H,3-6,9-10,12-14,16-17H2,1-2H3,(H2,24,25,26);1H. The van der Waals surface area contributed by atoms with Crippen molar-refractivity contribution in [1.29, 1.82) is 0 Å². The number of carbonyl (C=O) groups excluding carboxylic acids is 1. The molecule has 0 bridgehead atoms. The second-order valence-corrected chi connectivity index (χ2v) is 8.17. The summed E-state index contributed by atoms with van der Waals surface area (Å²) in [5.74, 6) is 2.31. The molecule has 1 unspecified atom stereocenters. The molecule has 1 heterocycles. The summed E-state index contributed by atoms with van der Waals surface area (Å²) < 4.78 is 5.79. The Morgan fingerprint density at radius 2 is 2.07 bits per heavy atom. The summed E-state index contributed by atoms with van der Waals surface area (Å²) in [7, 11) is 1.79. The van der Waals surface area contributed by atoms with Gasteiger partial charge in [-0.05, 0) is 43.4 Å². The molecule has 1 aromatic carbocycles. The van der Waals surface area contributed by atoms with E-state index in [0.717, 1.165) is 69.1 Å². The van der Waals surface area contributed by atoms with E-state index in [2.05, 4.69) is 34.7 Å². The molecule has 1 aromatic rings. The van der Waals surface area contributed by atoms with Gasteiger partial charge < -0.3 is 20.3 Å². The number of ether oxygens (including phenoxy) is 1. The number of aliphatic imine (C=N–C) groups is 1. The van der Waals surface area contributed by atoms with Gasteiger partial charge in [-0.2, -0.15) is 0 Å². The van der Waals surface area contributed by atoms with Crippen molar-refractivity contribution >= 4 is 35.8 Å². The highest BCUT2D eigenvalue weighted by molar-refractivity contribution is 14.0. The van der Waals surface area contributed by atoms with Crippen LogP contribution in [0.4, 0.5) is 0 Å². The minimum Gasteiger partial charge on any atom is -0.494 e. The van der Waals surface area contributed by atoms with Gasteiger partial charge in [-0.15, -0.1) is 24.0 Å². The zero-order valence-electron chi connectivity index (χ0n) is 18.4. The van der Waals surface area contributed by atoms with Crippen LogP contribution in [-0.2, 0) is 11.3 Å². The Hall–Kier alpha value is -1.51. The lowest BCUT2D eigenvalue weighted by Crippen LogP contribution is -2.45. The van der Waals surface area contributed by atoms with E-state index < -0.39 is 0 Å². The fourth-order valence-electron chi connectivity index (χ4n) is 4.16. The molecule has 3 rings (SSSR count). The zero-order valence-corrected chi connectivity index (χ0v) is 20.7. The average Bonchev–Trinajstić information content (AvgIpc) is 3.43. The Labute approximate surface area is 198 Å². The SMILES string of the molecule is CCCCOc1cccc(CNC(=NC)NC2CCN(C(=O)C3CCCC3)C2)c1.I. The van der Waals surface area contributed by atoms with Crippen molar-refractivity contribution in [2.24, 2.45) is 10.9 Å². The molecule has 1 aliphatic heterocycles. The Balaban J connectivity index is 0.00000320. The summed E-state index contributed by atoms with van der Waals surface area (Å²) in [5.41, 5.74) is 1.16. The number of nitrogens with zero attached hydrogens (tertiary/aromatic N) is 2. The first-order chi connectivity index (χ1) is 14.2. The highest BCUT2D eigenvalue weighted by atomic mass is 127. The molecule has 168 valence electrons. The Morgan fingerprint density at radius 3 is 2.80 bits per heavy atom. The number of nitrogens with one attached hydrogen (secondary N) is 2. The van der Waals surface area contributed by atoms with Crippen LogP contribution in [0, 0.1) is 5.92 Å². The highest BCUT2D eigenvalue weighted by Gasteiger charge is 2.32. The minimum atomic E-state index is 0. The third kappa shape index (κ3) is 7.32. The molecular weight excluding hydrogens is 491 g/mol. The Morgan fingerprint density at radius 1 is 1.27 bits per heavy atom. The number of rotatable bonds is 8. The van der Waals surface area contributed by atoms with Crippen molar-refractivity contribution in [3.63, 3.8) is 0 Å². The van der Waals surface area contributed by atoms with Gasteiger partial charge in [0.1, 0.15) is 5.75 Å². The van der Waals surface area contributed by atoms with Crippen molar-refractivity contribution in [3.05, 3.63) is 29.8 Å². The van der Waals surface area contributed by atoms with E-state index in [1.165, 1.54) is 12.8 Å². The van der Waals surface area contributed by atoms with Gasteiger partial charge in [0.2, 0.25) is 5.91 Å². The maximum absolute atomic E-state index is 12.6. The van der Waals surface area contributed by atoms with E-state index in [1.807, 2.05) is 17.0 Å². The van der Waals surface area contributed by atoms with Crippen LogP contribution in [0.15, 0.2) is 29.3 Å². The summed E-state index contributed by atoms with van der Waals surface area (Å²) in [6.07, 6.45) is 7.71. The lowest BCUT2D eigenvalue weighted by molar-refractivity contribution is -0.134. The summed E-state index contributed by atoms with van der Waals surface area (Å²) in [4.78, 5) is 19.0. The molecule has 1 atom stereocenters. The quantitative estimate of drug-likeness (QED) is 0.232. The van der Waals surface area contributed by atoms with E-state index in [0.29, 0.717) is 12.5 Å². The average molecular weight is 528 g/mol. The van der Waals surface area contributed by atoms with E-state index in [1.54, 1.807) is 7.05 Å². The van der Waals surface area contributed by atoms with Crippen molar-refractivity contribution in [3.8, 4) is 5.75 Å². The molecule has 6 nitrogen and oxygen atoms in total. The molecule has 30 heavy (non-hydrogen) atoms. The van der Waals surface area contributed by atoms with Crippen LogP contribution >= 0.6 is 24.0 Å². The number of halogens is 1. The van der Waals surface area contributed by atoms with Crippen LogP contribution in [0.3, 0.4) is 0 Å². The van der Waals surface area contributed by atoms with E-state index in [9.17, 15) is 4.79 Å². The van der Waals surface area contributed by atoms with Gasteiger partial charge in [-0.1, -0.05) is 38.3 Å². The first-order valence-corrected chi connectivity index (χ1v) is 11.2. The molecule has 7 heteroatoms. The van der Waals surface area contributed by atoms with Crippen LogP contribution in [0.2, 0.25) is 0 Å². The number of hydrogen-bond donors (Lipinski definition) is 2. The maximum Gasteiger partial charge on any atom is 0.225 e. The number of unbranched alkanes of at least 4 members (excludes halogenated alkanes) is 1. The molecule has 1 saturated carbocycles. The third-order valence-electron chi connectivity index (χ3n) is 5.89. The summed E-state index contributed by atoms with van der Waals surface area (Å²) in [6.45, 7) is 5.23. The predicted molar refractivity (Wildman–Crippen MR) is 133 cm³/mol. The number of carbonyl (C=O) groups is 1. The molecule has 0 radical (unpaired) electrons. The molecule has 0 spiro atoms. The van der Waals surface area contributed by atoms with Gasteiger partial charge in [0.05, 0.1) is 6.61 Å². The minimum absolute atomic E-state index is 0. The lowest BCUT2D eigenvalue weighted by Gasteiger charge is -2.21. The normalized spacial score (nSPS) is 19.5. The summed E-state index contributed by atoms with van der Waals surface area (Å²) >= 11 is 0. The Kier molecular flexibility index (Phi) is 10.7. The van der Waals surface area contributed by atoms with Crippen molar-refractivity contribution in [2.75, 3.05) is 26.7 Å². The van der Waals surface area contributed by atoms with Crippen molar-refractivity contribution < 1.29 is 9.53 Å². The predicted octanol–water partition coefficient (Wildman–Crippen LogP) is 3.94. The maximum atomic E-state index is 12.6. The first-order valence-electron chi connectivity index (χ1n) is 11.2. The highest BCUT2D eigenvalue weighted by Crippen LogP contribution is 2.27. The fourth-order valence-corrected chi connectivity index (χ4v) is 4.16. The number of benzene rings is 1. The summed E-state index contributed by atoms with van der Waals surface area (Å²) in [5, 5.41) is 6.87. The molecule has 2 fully saturated rings. The molecule has 2 N–H and O–H groups in total. The van der Waals surface area contributed by atoms with Gasteiger partial charge in [-0.25, -0.2) is 0 Å². The number of guanidine groups is 1. The largest absolute Gasteiger partial charge is 0.494 e. The first kappa shape index (κ1) is 24.8. The third-order valence-corrected chi connectivity index (χ3v) is 5.89. The van der Waals surface area contributed by atoms with E-state index >= 15 is 0 Å². The molecule has 1 saturated heterocycles. The van der Waals surface area contributed by atoms with E-state index in [4.69, 9.17) is 4.74 Å². The molecule has 1 amide bonds. The number of hydrogen-bond acceptors (Lipinski definition) is 3. The zero-order chi connectivity index (χ0) is 20.5. The fraction of sp³-hybridized carbons (Fsp3) is 0.652. The van der Waals surface area contributed by atoms with Gasteiger partial charge in [0, 0.05) is 38.6 Å². The van der Waals surface area contributed by atoms with Crippen molar-refractivity contribution in [2.45, 2.75) is 64.5 Å².